The molecular formula is C27H26N2O4. The largest absolute Gasteiger partial charge is 0.493 e. The maximum absolute atomic E-state index is 6.45. The van der Waals surface area contributed by atoms with Gasteiger partial charge in [0.05, 0.1) is 26.0 Å². The van der Waals surface area contributed by atoms with E-state index in [2.05, 4.69) is 17.7 Å². The van der Waals surface area contributed by atoms with Gasteiger partial charge in [0.1, 0.15) is 18.1 Å². The lowest BCUT2D eigenvalue weighted by Crippen LogP contribution is -2.33. The summed E-state index contributed by atoms with van der Waals surface area (Å²) in [7, 11) is 3.27. The Morgan fingerprint density at radius 1 is 1.03 bits per heavy atom. The lowest BCUT2D eigenvalue weighted by atomic mass is 9.96. The average molecular weight is 443 g/mol. The zero-order chi connectivity index (χ0) is 22.8. The highest BCUT2D eigenvalue weighted by molar-refractivity contribution is 6.02. The van der Waals surface area contributed by atoms with Crippen molar-refractivity contribution in [1.82, 2.24) is 5.01 Å². The van der Waals surface area contributed by atoms with E-state index in [1.165, 1.54) is 0 Å². The fraction of sp³-hybridized carbons (Fsp3) is 0.222. The van der Waals surface area contributed by atoms with Crippen molar-refractivity contribution in [2.45, 2.75) is 18.7 Å². The normalized spacial score (nSPS) is 18.5. The van der Waals surface area contributed by atoms with Gasteiger partial charge in [0, 0.05) is 17.5 Å². The predicted molar refractivity (Wildman–Crippen MR) is 127 cm³/mol. The Morgan fingerprint density at radius 3 is 2.58 bits per heavy atom. The second-order valence-electron chi connectivity index (χ2n) is 7.89. The predicted octanol–water partition coefficient (Wildman–Crippen LogP) is 5.51. The quantitative estimate of drug-likeness (QED) is 0.452. The zero-order valence-electron chi connectivity index (χ0n) is 18.7. The molecule has 0 spiro atoms. The Kier molecular flexibility index (Phi) is 5.65. The van der Waals surface area contributed by atoms with E-state index in [0.717, 1.165) is 40.3 Å². The Hall–Kier alpha value is -3.93. The van der Waals surface area contributed by atoms with E-state index in [-0.39, 0.29) is 12.3 Å². The molecule has 0 aliphatic carbocycles. The minimum Gasteiger partial charge on any atom is -0.493 e. The highest BCUT2D eigenvalue weighted by Crippen LogP contribution is 2.48. The summed E-state index contributed by atoms with van der Waals surface area (Å²) in [4.78, 5) is 0. The number of hydrazone groups is 1. The van der Waals surface area contributed by atoms with Crippen molar-refractivity contribution in [3.63, 3.8) is 0 Å². The Balaban J connectivity index is 1.51. The molecule has 6 nitrogen and oxygen atoms in total. The summed E-state index contributed by atoms with van der Waals surface area (Å²) in [5.74, 6) is 3.03. The van der Waals surface area contributed by atoms with E-state index in [0.29, 0.717) is 18.1 Å². The molecule has 2 aliphatic rings. The Labute approximate surface area is 193 Å². The Bertz CT molecular complexity index is 1190. The van der Waals surface area contributed by atoms with Gasteiger partial charge in [0.25, 0.3) is 0 Å². The van der Waals surface area contributed by atoms with E-state index >= 15 is 0 Å². The average Bonchev–Trinajstić information content (AvgIpc) is 3.32. The number of fused-ring (bicyclic) bond motifs is 3. The van der Waals surface area contributed by atoms with E-state index in [1.54, 1.807) is 20.3 Å². The molecule has 0 fully saturated rings. The summed E-state index contributed by atoms with van der Waals surface area (Å²) in [5.41, 5.74) is 4.17. The van der Waals surface area contributed by atoms with Gasteiger partial charge in [-0.05, 0) is 54.1 Å². The van der Waals surface area contributed by atoms with Crippen molar-refractivity contribution < 1.29 is 18.9 Å². The number of nitrogens with zero attached hydrogens (tertiary/aromatic N) is 2. The number of methoxy groups -OCH3 is 2. The number of benzene rings is 3. The van der Waals surface area contributed by atoms with Crippen molar-refractivity contribution in [1.29, 1.82) is 0 Å². The van der Waals surface area contributed by atoms with Gasteiger partial charge in [-0.3, -0.25) is 0 Å². The second kappa shape index (κ2) is 8.90. The molecule has 3 aromatic rings. The fourth-order valence-electron chi connectivity index (χ4n) is 4.33. The maximum atomic E-state index is 6.45. The third-order valence-electron chi connectivity index (χ3n) is 5.95. The maximum Gasteiger partial charge on any atom is 0.214 e. The van der Waals surface area contributed by atoms with E-state index in [4.69, 9.17) is 24.0 Å². The van der Waals surface area contributed by atoms with Crippen LogP contribution in [0.5, 0.6) is 23.0 Å². The molecule has 2 aliphatic heterocycles. The second-order valence-corrected chi connectivity index (χ2v) is 7.89. The first kappa shape index (κ1) is 20.9. The van der Waals surface area contributed by atoms with Gasteiger partial charge in [-0.2, -0.15) is 5.10 Å². The van der Waals surface area contributed by atoms with Gasteiger partial charge in [-0.15, -0.1) is 0 Å². The van der Waals surface area contributed by atoms with Gasteiger partial charge in [0.2, 0.25) is 6.23 Å². The summed E-state index contributed by atoms with van der Waals surface area (Å²) in [6.07, 6.45) is 2.15. The van der Waals surface area contributed by atoms with E-state index in [9.17, 15) is 0 Å². The monoisotopic (exact) mass is 442 g/mol. The lowest BCUT2D eigenvalue weighted by molar-refractivity contribution is -0.0191. The third-order valence-corrected chi connectivity index (χ3v) is 5.95. The van der Waals surface area contributed by atoms with Crippen LogP contribution in [0.4, 0.5) is 0 Å². The van der Waals surface area contributed by atoms with Crippen molar-refractivity contribution in [2.24, 2.45) is 5.10 Å². The van der Waals surface area contributed by atoms with Crippen molar-refractivity contribution >= 4 is 5.71 Å². The number of ether oxygens (including phenoxy) is 4. The van der Waals surface area contributed by atoms with E-state index < -0.39 is 0 Å². The SMILES string of the molecule is C=CCOc1ccc(C2=NN3[C@@H](C2)c2ccccc2O[C@H]3c2ccc(OC)c(OC)c2)cc1. The Morgan fingerprint density at radius 2 is 1.82 bits per heavy atom. The van der Waals surface area contributed by atoms with Crippen LogP contribution in [-0.2, 0) is 0 Å². The molecule has 0 unspecified atom stereocenters. The summed E-state index contributed by atoms with van der Waals surface area (Å²) in [6.45, 7) is 4.18. The number of hydrogen-bond donors (Lipinski definition) is 0. The van der Waals surface area contributed by atoms with Crippen LogP contribution in [0.25, 0.3) is 0 Å². The molecule has 2 atom stereocenters. The molecule has 0 saturated heterocycles. The van der Waals surface area contributed by atoms with Crippen molar-refractivity contribution in [3.8, 4) is 23.0 Å². The third kappa shape index (κ3) is 3.89. The molecule has 0 N–H and O–H groups in total. The van der Waals surface area contributed by atoms with Gasteiger partial charge < -0.3 is 18.9 Å². The molecule has 5 rings (SSSR count). The molecule has 0 aromatic heterocycles. The molecule has 33 heavy (non-hydrogen) atoms. The molecular weight excluding hydrogens is 416 g/mol. The molecule has 0 bridgehead atoms. The van der Waals surface area contributed by atoms with Crippen LogP contribution in [0, 0.1) is 0 Å². The first-order valence-electron chi connectivity index (χ1n) is 10.9. The summed E-state index contributed by atoms with van der Waals surface area (Å²) in [6, 6.07) is 22.1. The fourth-order valence-corrected chi connectivity index (χ4v) is 4.33. The van der Waals surface area contributed by atoms with Crippen LogP contribution in [0.15, 0.2) is 84.5 Å². The van der Waals surface area contributed by atoms with Gasteiger partial charge in [0.15, 0.2) is 11.5 Å². The number of para-hydroxylation sites is 1. The highest BCUT2D eigenvalue weighted by atomic mass is 16.5. The zero-order valence-corrected chi connectivity index (χ0v) is 18.7. The molecule has 168 valence electrons. The van der Waals surface area contributed by atoms with Gasteiger partial charge in [-0.25, -0.2) is 5.01 Å². The minimum absolute atomic E-state index is 0.0831. The highest BCUT2D eigenvalue weighted by Gasteiger charge is 2.41. The first-order chi connectivity index (χ1) is 16.2. The smallest absolute Gasteiger partial charge is 0.214 e. The van der Waals surface area contributed by atoms with E-state index in [1.807, 2.05) is 60.7 Å². The van der Waals surface area contributed by atoms with Crippen molar-refractivity contribution in [2.75, 3.05) is 20.8 Å². The van der Waals surface area contributed by atoms with Crippen LogP contribution in [-0.4, -0.2) is 31.5 Å². The van der Waals surface area contributed by atoms with Gasteiger partial charge in [-0.1, -0.05) is 30.9 Å². The summed E-state index contributed by atoms with van der Waals surface area (Å²) >= 11 is 0. The van der Waals surface area contributed by atoms with Crippen LogP contribution in [0.2, 0.25) is 0 Å². The molecule has 0 amide bonds. The first-order valence-corrected chi connectivity index (χ1v) is 10.9. The molecule has 2 heterocycles. The van der Waals surface area contributed by atoms with Crippen LogP contribution in [0.1, 0.15) is 35.4 Å². The topological polar surface area (TPSA) is 52.5 Å². The number of hydrogen-bond acceptors (Lipinski definition) is 6. The lowest BCUT2D eigenvalue weighted by Gasteiger charge is -2.38. The van der Waals surface area contributed by atoms with Crippen LogP contribution >= 0.6 is 0 Å². The number of rotatable bonds is 7. The summed E-state index contributed by atoms with van der Waals surface area (Å²) < 4.78 is 23.0. The van der Waals surface area contributed by atoms with Crippen molar-refractivity contribution in [3.05, 3.63) is 96.1 Å². The molecule has 6 heteroatoms. The summed E-state index contributed by atoms with van der Waals surface area (Å²) in [5, 5.41) is 7.08. The van der Waals surface area contributed by atoms with Gasteiger partial charge >= 0.3 is 0 Å². The molecule has 0 saturated carbocycles. The van der Waals surface area contributed by atoms with Crippen LogP contribution in [0.3, 0.4) is 0 Å². The minimum atomic E-state index is -0.377. The molecule has 3 aromatic carbocycles. The van der Waals surface area contributed by atoms with Crippen LogP contribution < -0.4 is 18.9 Å². The molecule has 0 radical (unpaired) electrons. The standard InChI is InChI=1S/C27H26N2O4/c1-4-15-32-20-12-9-18(10-13-20)22-17-23-21-7-5-6-8-24(21)33-27(29(23)28-22)19-11-14-25(30-2)26(16-19)31-3/h4-14,16,23,27H,1,15,17H2,2-3H3/t23-,27-/m0/s1.